The van der Waals surface area contributed by atoms with E-state index < -0.39 is 35.5 Å². The Balaban J connectivity index is 1.75. The fourth-order valence-electron chi connectivity index (χ4n) is 2.69. The number of rotatable bonds is 5. The number of ether oxygens (including phenoxy) is 1. The van der Waals surface area contributed by atoms with Crippen LogP contribution < -0.4 is 5.32 Å². The van der Waals surface area contributed by atoms with Crippen LogP contribution in [0.1, 0.15) is 47.1 Å². The second-order valence-electron chi connectivity index (χ2n) is 7.40. The maximum absolute atomic E-state index is 12.7. The first-order valence-electron chi connectivity index (χ1n) is 8.86. The lowest BCUT2D eigenvalue weighted by Crippen LogP contribution is -2.48. The van der Waals surface area contributed by atoms with Crippen LogP contribution in [0.3, 0.4) is 0 Å². The van der Waals surface area contributed by atoms with E-state index in [0.717, 1.165) is 5.56 Å². The van der Waals surface area contributed by atoms with Gasteiger partial charge in [-0.3, -0.25) is 9.59 Å². The second kappa shape index (κ2) is 8.04. The predicted molar refractivity (Wildman–Crippen MR) is 104 cm³/mol. The highest BCUT2D eigenvalue weighted by atomic mass is 32.1. The summed E-state index contributed by atoms with van der Waals surface area (Å²) >= 11 is 1.43. The minimum Gasteiger partial charge on any atom is -0.444 e. The summed E-state index contributed by atoms with van der Waals surface area (Å²) in [6.07, 6.45) is -0.692. The van der Waals surface area contributed by atoms with Gasteiger partial charge in [0.2, 0.25) is 0 Å². The average molecular weight is 416 g/mol. The van der Waals surface area contributed by atoms with Crippen LogP contribution in [0.2, 0.25) is 0 Å². The minimum atomic E-state index is -1.15. The van der Waals surface area contributed by atoms with E-state index in [1.54, 1.807) is 39.0 Å². The van der Waals surface area contributed by atoms with E-state index in [1.807, 2.05) is 10.8 Å². The van der Waals surface area contributed by atoms with Crippen molar-refractivity contribution in [3.63, 3.8) is 0 Å². The summed E-state index contributed by atoms with van der Waals surface area (Å²) in [5.41, 5.74) is 0.332. The van der Waals surface area contributed by atoms with Crippen LogP contribution in [0.25, 0.3) is 0 Å². The molecule has 0 bridgehead atoms. The Morgan fingerprint density at radius 2 is 1.72 bits per heavy atom. The number of nitrogens with one attached hydrogen (secondary N) is 1. The maximum atomic E-state index is 12.7. The van der Waals surface area contributed by atoms with Gasteiger partial charge >= 0.3 is 12.1 Å². The molecule has 0 spiro atoms. The van der Waals surface area contributed by atoms with Gasteiger partial charge in [0, 0.05) is 6.42 Å². The number of hydrogen-bond acceptors (Lipinski definition) is 7. The van der Waals surface area contributed by atoms with Gasteiger partial charge in [-0.05, 0) is 55.3 Å². The fraction of sp³-hybridized carbons (Fsp3) is 0.300. The highest BCUT2D eigenvalue weighted by molar-refractivity contribution is 7.07. The van der Waals surface area contributed by atoms with Crippen molar-refractivity contribution in [3.05, 3.63) is 57.8 Å². The molecule has 1 aromatic carbocycles. The van der Waals surface area contributed by atoms with Gasteiger partial charge in [0.1, 0.15) is 11.6 Å². The van der Waals surface area contributed by atoms with E-state index in [-0.39, 0.29) is 17.5 Å². The number of carbonyl (C=O) groups is 4. The lowest BCUT2D eigenvalue weighted by Gasteiger charge is -2.23. The topological polar surface area (TPSA) is 102 Å². The minimum absolute atomic E-state index is 0.116. The van der Waals surface area contributed by atoms with E-state index in [2.05, 4.69) is 5.32 Å². The molecule has 152 valence electrons. The number of carbonyl (C=O) groups excluding carboxylic acids is 4. The summed E-state index contributed by atoms with van der Waals surface area (Å²) in [6.45, 7) is 5.08. The first-order valence-corrected chi connectivity index (χ1v) is 9.80. The van der Waals surface area contributed by atoms with Gasteiger partial charge in [0.25, 0.3) is 11.8 Å². The molecule has 1 N–H and O–H groups in total. The van der Waals surface area contributed by atoms with Gasteiger partial charge in [0.05, 0.1) is 11.1 Å². The molecular weight excluding hydrogens is 396 g/mol. The Morgan fingerprint density at radius 3 is 2.24 bits per heavy atom. The summed E-state index contributed by atoms with van der Waals surface area (Å²) in [5.74, 6) is -2.41. The Hall–Kier alpha value is -3.20. The van der Waals surface area contributed by atoms with Crippen molar-refractivity contribution in [2.24, 2.45) is 0 Å². The Bertz CT molecular complexity index is 913. The Morgan fingerprint density at radius 1 is 1.10 bits per heavy atom. The standard InChI is InChI=1S/C20H20N2O6S/c1-20(2,3)27-19(26)21-15(10-12-8-9-29-11-12)18(25)28-22-16(23)13-6-4-5-7-14(13)17(22)24/h4-9,11,15H,10H2,1-3H3,(H,21,26). The molecule has 0 saturated carbocycles. The smallest absolute Gasteiger partial charge is 0.408 e. The van der Waals surface area contributed by atoms with Gasteiger partial charge in [-0.2, -0.15) is 11.3 Å². The lowest BCUT2D eigenvalue weighted by atomic mass is 10.1. The lowest BCUT2D eigenvalue weighted by molar-refractivity contribution is -0.171. The summed E-state index contributed by atoms with van der Waals surface area (Å²) in [6, 6.07) is 6.82. The summed E-state index contributed by atoms with van der Waals surface area (Å²) in [5, 5.41) is 6.52. The number of fused-ring (bicyclic) bond motifs is 1. The number of thiophene rings is 1. The van der Waals surface area contributed by atoms with Crippen molar-refractivity contribution in [3.8, 4) is 0 Å². The van der Waals surface area contributed by atoms with E-state index >= 15 is 0 Å². The van der Waals surface area contributed by atoms with Crippen molar-refractivity contribution in [1.29, 1.82) is 0 Å². The molecule has 1 atom stereocenters. The SMILES string of the molecule is CC(C)(C)OC(=O)NC(Cc1ccsc1)C(=O)ON1C(=O)c2ccccc2C1=O. The number of benzene rings is 1. The summed E-state index contributed by atoms with van der Waals surface area (Å²) in [7, 11) is 0. The predicted octanol–water partition coefficient (Wildman–Crippen LogP) is 2.94. The Labute approximate surface area is 171 Å². The molecular formula is C20H20N2O6S. The molecule has 0 radical (unpaired) electrons. The van der Waals surface area contributed by atoms with Crippen molar-refractivity contribution in [1.82, 2.24) is 10.4 Å². The number of imide groups is 1. The second-order valence-corrected chi connectivity index (χ2v) is 8.18. The van der Waals surface area contributed by atoms with E-state index in [4.69, 9.17) is 9.57 Å². The van der Waals surface area contributed by atoms with Gasteiger partial charge in [-0.15, -0.1) is 0 Å². The molecule has 29 heavy (non-hydrogen) atoms. The molecule has 1 aliphatic rings. The number of alkyl carbamates (subject to hydrolysis) is 1. The molecule has 0 fully saturated rings. The zero-order valence-corrected chi connectivity index (χ0v) is 16.9. The first-order chi connectivity index (χ1) is 13.7. The largest absolute Gasteiger partial charge is 0.444 e. The molecule has 1 unspecified atom stereocenters. The molecule has 0 saturated heterocycles. The molecule has 2 aromatic rings. The fourth-order valence-corrected chi connectivity index (χ4v) is 3.37. The number of nitrogens with zero attached hydrogens (tertiary/aromatic N) is 1. The van der Waals surface area contributed by atoms with Gasteiger partial charge in [-0.1, -0.05) is 17.2 Å². The number of amides is 3. The zero-order valence-electron chi connectivity index (χ0n) is 16.1. The van der Waals surface area contributed by atoms with E-state index in [9.17, 15) is 19.2 Å². The average Bonchev–Trinajstić information content (AvgIpc) is 3.23. The van der Waals surface area contributed by atoms with Crippen molar-refractivity contribution >= 4 is 35.2 Å². The quantitative estimate of drug-likeness (QED) is 0.752. The molecule has 8 nitrogen and oxygen atoms in total. The highest BCUT2D eigenvalue weighted by Crippen LogP contribution is 2.23. The van der Waals surface area contributed by atoms with Crippen LogP contribution in [0.5, 0.6) is 0 Å². The van der Waals surface area contributed by atoms with Gasteiger partial charge < -0.3 is 14.9 Å². The van der Waals surface area contributed by atoms with Crippen LogP contribution in [-0.2, 0) is 20.8 Å². The van der Waals surface area contributed by atoms with Crippen molar-refractivity contribution < 1.29 is 28.8 Å². The van der Waals surface area contributed by atoms with Crippen LogP contribution >= 0.6 is 11.3 Å². The first kappa shape index (κ1) is 20.5. The third-order valence-corrected chi connectivity index (χ3v) is 4.67. The van der Waals surface area contributed by atoms with Crippen LogP contribution in [0.4, 0.5) is 4.79 Å². The van der Waals surface area contributed by atoms with Crippen LogP contribution in [-0.4, -0.2) is 40.6 Å². The maximum Gasteiger partial charge on any atom is 0.408 e. The third kappa shape index (κ3) is 4.80. The molecule has 9 heteroatoms. The molecule has 1 aliphatic heterocycles. The zero-order chi connectivity index (χ0) is 21.2. The van der Waals surface area contributed by atoms with Gasteiger partial charge in [0.15, 0.2) is 0 Å². The van der Waals surface area contributed by atoms with Gasteiger partial charge in [-0.25, -0.2) is 9.59 Å². The normalized spacial score (nSPS) is 14.4. The summed E-state index contributed by atoms with van der Waals surface area (Å²) in [4.78, 5) is 54.8. The molecule has 2 heterocycles. The molecule has 0 aliphatic carbocycles. The molecule has 3 rings (SSSR count). The van der Waals surface area contributed by atoms with Crippen molar-refractivity contribution in [2.75, 3.05) is 0 Å². The van der Waals surface area contributed by atoms with Crippen LogP contribution in [0.15, 0.2) is 41.1 Å². The van der Waals surface area contributed by atoms with Crippen LogP contribution in [0, 0.1) is 0 Å². The Kier molecular flexibility index (Phi) is 5.69. The molecule has 1 aromatic heterocycles. The summed E-state index contributed by atoms with van der Waals surface area (Å²) < 4.78 is 5.20. The van der Waals surface area contributed by atoms with E-state index in [1.165, 1.54) is 23.5 Å². The third-order valence-electron chi connectivity index (χ3n) is 3.93. The molecule has 3 amide bonds. The monoisotopic (exact) mass is 416 g/mol. The van der Waals surface area contributed by atoms with E-state index in [0.29, 0.717) is 5.06 Å². The number of hydroxylamine groups is 2. The number of hydrogen-bond donors (Lipinski definition) is 1. The van der Waals surface area contributed by atoms with Crippen molar-refractivity contribution in [2.45, 2.75) is 38.8 Å². The highest BCUT2D eigenvalue weighted by Gasteiger charge is 2.40.